The molecule has 0 aliphatic carbocycles. The zero-order chi connectivity index (χ0) is 11.4. The first-order chi connectivity index (χ1) is 7.75. The van der Waals surface area contributed by atoms with E-state index in [2.05, 4.69) is 21.7 Å². The van der Waals surface area contributed by atoms with Crippen molar-refractivity contribution in [1.82, 2.24) is 4.90 Å². The average molecular weight is 239 g/mol. The van der Waals surface area contributed by atoms with Crippen LogP contribution >= 0.6 is 11.3 Å². The lowest BCUT2D eigenvalue weighted by atomic mass is 9.91. The van der Waals surface area contributed by atoms with Crippen LogP contribution in [0.3, 0.4) is 0 Å². The van der Waals surface area contributed by atoms with Gasteiger partial charge in [-0.1, -0.05) is 0 Å². The summed E-state index contributed by atoms with van der Waals surface area (Å²) < 4.78 is 0. The van der Waals surface area contributed by atoms with E-state index in [1.807, 2.05) is 0 Å². The molecule has 1 saturated heterocycles. The van der Waals surface area contributed by atoms with Crippen molar-refractivity contribution in [3.63, 3.8) is 0 Å². The van der Waals surface area contributed by atoms with E-state index in [0.717, 1.165) is 25.9 Å². The fraction of sp³-hybridized carbons (Fsp3) is 0.583. The number of likely N-dealkylation sites (tertiary alicyclic amines) is 1. The molecule has 1 aliphatic rings. The van der Waals surface area contributed by atoms with Crippen molar-refractivity contribution in [3.05, 3.63) is 22.4 Å². The number of rotatable bonds is 4. The number of carboxylic acid groups (broad SMARTS) is 1. The maximum Gasteiger partial charge on any atom is 0.304 e. The van der Waals surface area contributed by atoms with E-state index >= 15 is 0 Å². The van der Waals surface area contributed by atoms with Crippen molar-refractivity contribution in [3.8, 4) is 0 Å². The van der Waals surface area contributed by atoms with Crippen molar-refractivity contribution in [2.24, 2.45) is 0 Å². The van der Waals surface area contributed by atoms with Crippen LogP contribution in [0.4, 0.5) is 0 Å². The van der Waals surface area contributed by atoms with Crippen molar-refractivity contribution in [2.45, 2.75) is 25.2 Å². The van der Waals surface area contributed by atoms with Crippen LogP contribution in [0.25, 0.3) is 0 Å². The quantitative estimate of drug-likeness (QED) is 0.877. The molecule has 0 unspecified atom stereocenters. The lowest BCUT2D eigenvalue weighted by Crippen LogP contribution is -2.34. The second-order valence-electron chi connectivity index (χ2n) is 4.32. The number of hydrogen-bond donors (Lipinski definition) is 1. The molecule has 3 nitrogen and oxygen atoms in total. The second-order valence-corrected chi connectivity index (χ2v) is 5.10. The number of piperidine rings is 1. The number of thiophene rings is 1. The van der Waals surface area contributed by atoms with Gasteiger partial charge in [-0.2, -0.15) is 11.3 Å². The highest BCUT2D eigenvalue weighted by molar-refractivity contribution is 7.07. The molecule has 2 heterocycles. The maximum absolute atomic E-state index is 10.5. The summed E-state index contributed by atoms with van der Waals surface area (Å²) in [6, 6.07) is 2.21. The highest BCUT2D eigenvalue weighted by Crippen LogP contribution is 2.29. The van der Waals surface area contributed by atoms with Crippen molar-refractivity contribution in [2.75, 3.05) is 19.6 Å². The summed E-state index contributed by atoms with van der Waals surface area (Å²) in [4.78, 5) is 12.7. The fourth-order valence-corrected chi connectivity index (χ4v) is 2.99. The number of carbonyl (C=O) groups is 1. The molecule has 0 atom stereocenters. The molecule has 2 rings (SSSR count). The van der Waals surface area contributed by atoms with Crippen LogP contribution in [0.5, 0.6) is 0 Å². The van der Waals surface area contributed by atoms with Crippen molar-refractivity contribution in [1.29, 1.82) is 0 Å². The molecule has 1 fully saturated rings. The van der Waals surface area contributed by atoms with Gasteiger partial charge in [-0.25, -0.2) is 0 Å². The first-order valence-corrected chi connectivity index (χ1v) is 6.66. The smallest absolute Gasteiger partial charge is 0.304 e. The number of nitrogens with zero attached hydrogens (tertiary/aromatic N) is 1. The minimum atomic E-state index is -0.694. The fourth-order valence-electron chi connectivity index (χ4n) is 2.25. The molecule has 88 valence electrons. The summed E-state index contributed by atoms with van der Waals surface area (Å²) in [6.45, 7) is 2.77. The summed E-state index contributed by atoms with van der Waals surface area (Å²) in [5, 5.41) is 13.0. The second kappa shape index (κ2) is 5.46. The standard InChI is InChI=1S/C12H17NO2S/c14-12(15)3-7-13-5-1-10(2-6-13)11-4-8-16-9-11/h4,8-10H,1-3,5-7H2,(H,14,15). The average Bonchev–Trinajstić information content (AvgIpc) is 2.80. The Bertz CT molecular complexity index is 329. The normalized spacial score (nSPS) is 18.8. The largest absolute Gasteiger partial charge is 0.481 e. The molecule has 16 heavy (non-hydrogen) atoms. The lowest BCUT2D eigenvalue weighted by molar-refractivity contribution is -0.137. The van der Waals surface area contributed by atoms with E-state index in [0.29, 0.717) is 12.5 Å². The van der Waals surface area contributed by atoms with Gasteiger partial charge in [-0.05, 0) is 54.2 Å². The minimum Gasteiger partial charge on any atom is -0.481 e. The van der Waals surface area contributed by atoms with Crippen LogP contribution in [0.1, 0.15) is 30.7 Å². The van der Waals surface area contributed by atoms with Crippen LogP contribution < -0.4 is 0 Å². The molecule has 0 radical (unpaired) electrons. The summed E-state index contributed by atoms with van der Waals surface area (Å²) in [5.74, 6) is -0.00714. The number of hydrogen-bond acceptors (Lipinski definition) is 3. The van der Waals surface area contributed by atoms with Crippen LogP contribution in [0, 0.1) is 0 Å². The highest BCUT2D eigenvalue weighted by atomic mass is 32.1. The molecule has 1 aromatic rings. The van der Waals surface area contributed by atoms with Crippen molar-refractivity contribution < 1.29 is 9.90 Å². The zero-order valence-electron chi connectivity index (χ0n) is 9.26. The van der Waals surface area contributed by atoms with Crippen LogP contribution in [-0.4, -0.2) is 35.6 Å². The summed E-state index contributed by atoms with van der Waals surface area (Å²) >= 11 is 1.76. The maximum atomic E-state index is 10.5. The Labute approximate surface area is 99.7 Å². The molecule has 0 aromatic carbocycles. The van der Waals surface area contributed by atoms with Gasteiger partial charge < -0.3 is 10.0 Å². The Balaban J connectivity index is 1.76. The summed E-state index contributed by atoms with van der Waals surface area (Å²) in [6.07, 6.45) is 2.59. The van der Waals surface area contributed by atoms with E-state index in [9.17, 15) is 4.79 Å². The van der Waals surface area contributed by atoms with Crippen molar-refractivity contribution >= 4 is 17.3 Å². The van der Waals surface area contributed by atoms with Gasteiger partial charge >= 0.3 is 5.97 Å². The number of carboxylic acids is 1. The highest BCUT2D eigenvalue weighted by Gasteiger charge is 2.20. The Hall–Kier alpha value is -0.870. The Morgan fingerprint density at radius 2 is 2.25 bits per heavy atom. The summed E-state index contributed by atoms with van der Waals surface area (Å²) in [5.41, 5.74) is 1.46. The predicted octanol–water partition coefficient (Wildman–Crippen LogP) is 2.40. The third-order valence-corrected chi connectivity index (χ3v) is 3.95. The van der Waals surface area contributed by atoms with Crippen LogP contribution in [0.15, 0.2) is 16.8 Å². The Morgan fingerprint density at radius 1 is 1.50 bits per heavy atom. The molecule has 4 heteroatoms. The Morgan fingerprint density at radius 3 is 2.81 bits per heavy atom. The minimum absolute atomic E-state index is 0.267. The van der Waals surface area contributed by atoms with Crippen LogP contribution in [-0.2, 0) is 4.79 Å². The topological polar surface area (TPSA) is 40.5 Å². The molecule has 0 saturated carbocycles. The van der Waals surface area contributed by atoms with E-state index in [1.54, 1.807) is 11.3 Å². The molecule has 1 aliphatic heterocycles. The first-order valence-electron chi connectivity index (χ1n) is 5.72. The van der Waals surface area contributed by atoms with E-state index in [4.69, 9.17) is 5.11 Å². The molecular formula is C12H17NO2S. The monoisotopic (exact) mass is 239 g/mol. The molecule has 1 aromatic heterocycles. The van der Waals surface area contributed by atoms with Gasteiger partial charge in [-0.3, -0.25) is 4.79 Å². The van der Waals surface area contributed by atoms with E-state index in [1.165, 1.54) is 5.56 Å². The van der Waals surface area contributed by atoms with Gasteiger partial charge in [0.25, 0.3) is 0 Å². The van der Waals surface area contributed by atoms with E-state index in [-0.39, 0.29) is 6.42 Å². The van der Waals surface area contributed by atoms with Gasteiger partial charge in [0.2, 0.25) is 0 Å². The lowest BCUT2D eigenvalue weighted by Gasteiger charge is -2.31. The third-order valence-electron chi connectivity index (χ3n) is 3.24. The molecule has 0 spiro atoms. The molecular weight excluding hydrogens is 222 g/mol. The summed E-state index contributed by atoms with van der Waals surface area (Å²) in [7, 11) is 0. The van der Waals surface area contributed by atoms with Gasteiger partial charge in [0.05, 0.1) is 6.42 Å². The number of aliphatic carboxylic acids is 1. The molecule has 0 amide bonds. The van der Waals surface area contributed by atoms with Gasteiger partial charge in [0, 0.05) is 6.54 Å². The molecule has 1 N–H and O–H groups in total. The molecule has 0 bridgehead atoms. The van der Waals surface area contributed by atoms with Gasteiger partial charge in [0.1, 0.15) is 0 Å². The zero-order valence-corrected chi connectivity index (χ0v) is 10.1. The Kier molecular flexibility index (Phi) is 3.96. The third kappa shape index (κ3) is 3.06. The van der Waals surface area contributed by atoms with Gasteiger partial charge in [-0.15, -0.1) is 0 Å². The van der Waals surface area contributed by atoms with Crippen LogP contribution in [0.2, 0.25) is 0 Å². The van der Waals surface area contributed by atoms with E-state index < -0.39 is 5.97 Å². The SMILES string of the molecule is O=C(O)CCN1CCC(c2ccsc2)CC1. The first kappa shape index (κ1) is 11.6. The predicted molar refractivity (Wildman–Crippen MR) is 65.0 cm³/mol. The van der Waals surface area contributed by atoms with Gasteiger partial charge in [0.15, 0.2) is 0 Å².